The molecule has 0 aliphatic heterocycles. The smallest absolute Gasteiger partial charge is 0.223 e. The quantitative estimate of drug-likeness (QED) is 0.748. The van der Waals surface area contributed by atoms with Crippen LogP contribution in [0, 0.1) is 0 Å². The van der Waals surface area contributed by atoms with E-state index in [1.54, 1.807) is 18.1 Å². The maximum atomic E-state index is 11.8. The van der Waals surface area contributed by atoms with Gasteiger partial charge < -0.3 is 15.0 Å². The van der Waals surface area contributed by atoms with Gasteiger partial charge in [-0.1, -0.05) is 19.4 Å². The number of methoxy groups -OCH3 is 1. The molecule has 1 rings (SSSR count). The molecule has 0 unspecified atom stereocenters. The molecule has 0 aliphatic rings. The molecule has 0 atom stereocenters. The van der Waals surface area contributed by atoms with Gasteiger partial charge in [-0.05, 0) is 18.6 Å². The van der Waals surface area contributed by atoms with Crippen molar-refractivity contribution in [1.82, 2.24) is 5.32 Å². The zero-order valence-electron chi connectivity index (χ0n) is 13.0. The van der Waals surface area contributed by atoms with Crippen LogP contribution >= 0.6 is 0 Å². The normalized spacial score (nSPS) is 10.0. The Labute approximate surface area is 126 Å². The van der Waals surface area contributed by atoms with Crippen LogP contribution in [-0.4, -0.2) is 32.0 Å². The van der Waals surface area contributed by atoms with Gasteiger partial charge in [0, 0.05) is 38.2 Å². The highest BCUT2D eigenvalue weighted by molar-refractivity contribution is 5.92. The Hall–Kier alpha value is -2.04. The van der Waals surface area contributed by atoms with E-state index in [4.69, 9.17) is 4.74 Å². The van der Waals surface area contributed by atoms with Crippen LogP contribution in [0.3, 0.4) is 0 Å². The number of rotatable bonds is 8. The number of carbonyl (C=O) groups excluding carboxylic acids is 2. The van der Waals surface area contributed by atoms with Crippen LogP contribution in [0.4, 0.5) is 5.69 Å². The fraction of sp³-hybridized carbons (Fsp3) is 0.500. The van der Waals surface area contributed by atoms with Gasteiger partial charge in [-0.2, -0.15) is 0 Å². The molecular weight excluding hydrogens is 268 g/mol. The maximum absolute atomic E-state index is 11.8. The predicted octanol–water partition coefficient (Wildman–Crippen LogP) is 2.35. The summed E-state index contributed by atoms with van der Waals surface area (Å²) in [6.45, 7) is 4.62. The number of nitrogens with one attached hydrogen (secondary N) is 1. The van der Waals surface area contributed by atoms with Crippen LogP contribution in [0.25, 0.3) is 0 Å². The van der Waals surface area contributed by atoms with E-state index in [9.17, 15) is 9.59 Å². The van der Waals surface area contributed by atoms with Gasteiger partial charge in [0.25, 0.3) is 0 Å². The Kier molecular flexibility index (Phi) is 7.29. The lowest BCUT2D eigenvalue weighted by molar-refractivity contribution is -0.121. The van der Waals surface area contributed by atoms with Crippen molar-refractivity contribution in [3.63, 3.8) is 0 Å². The number of nitrogens with zero attached hydrogens (tertiary/aromatic N) is 1. The first kappa shape index (κ1) is 17.0. The summed E-state index contributed by atoms with van der Waals surface area (Å²) in [6, 6.07) is 7.26. The fourth-order valence-electron chi connectivity index (χ4n) is 1.95. The fourth-order valence-corrected chi connectivity index (χ4v) is 1.95. The van der Waals surface area contributed by atoms with Crippen LogP contribution in [0.1, 0.15) is 33.1 Å². The first-order valence-electron chi connectivity index (χ1n) is 7.27. The van der Waals surface area contributed by atoms with Crippen molar-refractivity contribution < 1.29 is 14.3 Å². The number of benzene rings is 1. The van der Waals surface area contributed by atoms with Crippen molar-refractivity contribution in [3.05, 3.63) is 24.3 Å². The largest absolute Gasteiger partial charge is 0.497 e. The molecule has 0 heterocycles. The average molecular weight is 292 g/mol. The van der Waals surface area contributed by atoms with Gasteiger partial charge in [-0.3, -0.25) is 9.59 Å². The third-order valence-corrected chi connectivity index (χ3v) is 3.16. The van der Waals surface area contributed by atoms with E-state index >= 15 is 0 Å². The summed E-state index contributed by atoms with van der Waals surface area (Å²) in [7, 11) is 1.58. The number of amides is 2. The number of ether oxygens (including phenoxy) is 1. The molecule has 1 aromatic rings. The van der Waals surface area contributed by atoms with Gasteiger partial charge in [0.2, 0.25) is 11.8 Å². The first-order valence-corrected chi connectivity index (χ1v) is 7.27. The van der Waals surface area contributed by atoms with Gasteiger partial charge in [-0.15, -0.1) is 0 Å². The van der Waals surface area contributed by atoms with Gasteiger partial charge in [0.1, 0.15) is 5.75 Å². The lowest BCUT2D eigenvalue weighted by atomic mass is 10.2. The van der Waals surface area contributed by atoms with Crippen molar-refractivity contribution in [1.29, 1.82) is 0 Å². The maximum Gasteiger partial charge on any atom is 0.223 e. The van der Waals surface area contributed by atoms with Gasteiger partial charge in [0.05, 0.1) is 7.11 Å². The van der Waals surface area contributed by atoms with Crippen molar-refractivity contribution in [2.75, 3.05) is 25.1 Å². The zero-order chi connectivity index (χ0) is 15.7. The van der Waals surface area contributed by atoms with Crippen LogP contribution < -0.4 is 15.0 Å². The van der Waals surface area contributed by atoms with Crippen LogP contribution in [0.5, 0.6) is 5.75 Å². The molecule has 0 spiro atoms. The Bertz CT molecular complexity index is 474. The van der Waals surface area contributed by atoms with Crippen molar-refractivity contribution >= 4 is 17.5 Å². The number of hydrogen-bond acceptors (Lipinski definition) is 3. The molecule has 1 N–H and O–H groups in total. The second-order valence-electron chi connectivity index (χ2n) is 4.83. The average Bonchev–Trinajstić information content (AvgIpc) is 2.47. The molecule has 0 fully saturated rings. The zero-order valence-corrected chi connectivity index (χ0v) is 13.0. The number of hydrogen-bond donors (Lipinski definition) is 1. The molecule has 5 heteroatoms. The molecule has 0 aromatic heterocycles. The predicted molar refractivity (Wildman–Crippen MR) is 83.6 cm³/mol. The third-order valence-electron chi connectivity index (χ3n) is 3.16. The van der Waals surface area contributed by atoms with Gasteiger partial charge >= 0.3 is 0 Å². The molecule has 0 radical (unpaired) electrons. The molecule has 1 aromatic carbocycles. The summed E-state index contributed by atoms with van der Waals surface area (Å²) < 4.78 is 5.16. The molecule has 116 valence electrons. The minimum atomic E-state index is -0.0930. The van der Waals surface area contributed by atoms with Gasteiger partial charge in [-0.25, -0.2) is 0 Å². The van der Waals surface area contributed by atoms with Gasteiger partial charge in [0.15, 0.2) is 0 Å². The second-order valence-corrected chi connectivity index (χ2v) is 4.83. The Morgan fingerprint density at radius 2 is 2.10 bits per heavy atom. The Balaban J connectivity index is 2.61. The molecule has 21 heavy (non-hydrogen) atoms. The Morgan fingerprint density at radius 1 is 1.33 bits per heavy atom. The summed E-state index contributed by atoms with van der Waals surface area (Å²) in [6.07, 6.45) is 2.31. The molecule has 0 saturated carbocycles. The second kappa shape index (κ2) is 9.00. The number of carbonyl (C=O) groups is 2. The summed E-state index contributed by atoms with van der Waals surface area (Å²) in [5.74, 6) is 0.563. The van der Waals surface area contributed by atoms with E-state index < -0.39 is 0 Å². The van der Waals surface area contributed by atoms with Crippen molar-refractivity contribution in [2.24, 2.45) is 0 Å². The van der Waals surface area contributed by atoms with Crippen molar-refractivity contribution in [2.45, 2.75) is 33.1 Å². The summed E-state index contributed by atoms with van der Waals surface area (Å²) in [4.78, 5) is 25.1. The highest BCUT2D eigenvalue weighted by atomic mass is 16.5. The van der Waals surface area contributed by atoms with Crippen molar-refractivity contribution in [3.8, 4) is 5.75 Å². The molecule has 0 aliphatic carbocycles. The minimum absolute atomic E-state index is 0.0300. The van der Waals surface area contributed by atoms with E-state index in [1.165, 1.54) is 6.92 Å². The monoisotopic (exact) mass is 292 g/mol. The lowest BCUT2D eigenvalue weighted by Gasteiger charge is -2.21. The number of anilines is 1. The summed E-state index contributed by atoms with van der Waals surface area (Å²) >= 11 is 0. The highest BCUT2D eigenvalue weighted by Crippen LogP contribution is 2.21. The lowest BCUT2D eigenvalue weighted by Crippen LogP contribution is -2.34. The first-order chi connectivity index (χ1) is 10.1. The number of unbranched alkanes of at least 4 members (excludes halogenated alkanes) is 1. The van der Waals surface area contributed by atoms with Crippen LogP contribution in [-0.2, 0) is 9.59 Å². The Morgan fingerprint density at radius 3 is 2.71 bits per heavy atom. The molecule has 0 saturated heterocycles. The highest BCUT2D eigenvalue weighted by Gasteiger charge is 2.13. The van der Waals surface area contributed by atoms with E-state index in [0.717, 1.165) is 18.5 Å². The third kappa shape index (κ3) is 5.85. The minimum Gasteiger partial charge on any atom is -0.497 e. The summed E-state index contributed by atoms with van der Waals surface area (Å²) in [5.41, 5.74) is 0.739. The summed E-state index contributed by atoms with van der Waals surface area (Å²) in [5, 5.41) is 2.85. The molecular formula is C16H24N2O3. The van der Waals surface area contributed by atoms with E-state index in [-0.39, 0.29) is 11.8 Å². The van der Waals surface area contributed by atoms with E-state index in [2.05, 4.69) is 12.2 Å². The SMILES string of the molecule is CCCCNC(=O)CCN(C(C)=O)c1cccc(OC)c1. The van der Waals surface area contributed by atoms with Crippen LogP contribution in [0.15, 0.2) is 24.3 Å². The molecule has 2 amide bonds. The standard InChI is InChI=1S/C16H24N2O3/c1-4-5-10-17-16(20)9-11-18(13(2)19)14-7-6-8-15(12-14)21-3/h6-8,12H,4-5,9-11H2,1-3H3,(H,17,20). The molecule has 0 bridgehead atoms. The molecule has 5 nitrogen and oxygen atoms in total. The topological polar surface area (TPSA) is 58.6 Å². The van der Waals surface area contributed by atoms with E-state index in [0.29, 0.717) is 25.3 Å². The van der Waals surface area contributed by atoms with E-state index in [1.807, 2.05) is 18.2 Å². The van der Waals surface area contributed by atoms with Crippen LogP contribution in [0.2, 0.25) is 0 Å².